The van der Waals surface area contributed by atoms with Gasteiger partial charge in [-0.3, -0.25) is 19.9 Å². The molecule has 1 aliphatic heterocycles. The fourth-order valence-corrected chi connectivity index (χ4v) is 2.00. The molecular weight excluding hydrogens is 298 g/mol. The Kier molecular flexibility index (Phi) is 4.66. The zero-order valence-corrected chi connectivity index (χ0v) is 11.6. The molecule has 110 valence electrons. The zero-order valence-electron chi connectivity index (χ0n) is 10.8. The number of carbonyl (C=O) groups excluding carboxylic acids is 3. The van der Waals surface area contributed by atoms with Crippen LogP contribution < -0.4 is 10.2 Å². The van der Waals surface area contributed by atoms with Crippen molar-refractivity contribution in [3.8, 4) is 0 Å². The second kappa shape index (κ2) is 6.47. The number of benzene rings is 1. The minimum Gasteiger partial charge on any atom is -0.394 e. The van der Waals surface area contributed by atoms with E-state index in [1.165, 1.54) is 12.1 Å². The fourth-order valence-electron chi connectivity index (χ4n) is 1.82. The molecule has 1 saturated heterocycles. The number of nitrogens with zero attached hydrogens (tertiary/aromatic N) is 2. The van der Waals surface area contributed by atoms with Gasteiger partial charge in [-0.2, -0.15) is 0 Å². The Labute approximate surface area is 125 Å². The molecule has 7 nitrogen and oxygen atoms in total. The van der Waals surface area contributed by atoms with Gasteiger partial charge in [0.15, 0.2) is 5.92 Å². The van der Waals surface area contributed by atoms with E-state index < -0.39 is 23.8 Å². The molecule has 0 saturated carbocycles. The van der Waals surface area contributed by atoms with Crippen molar-refractivity contribution in [1.82, 2.24) is 5.32 Å². The van der Waals surface area contributed by atoms with Gasteiger partial charge in [0.25, 0.3) is 5.91 Å². The first-order valence-corrected chi connectivity index (χ1v) is 6.47. The number of aliphatic hydroxyl groups excluding tert-OH is 1. The molecule has 2 N–H and O–H groups in total. The van der Waals surface area contributed by atoms with Crippen molar-refractivity contribution in [1.29, 1.82) is 0 Å². The van der Waals surface area contributed by atoms with Gasteiger partial charge in [-0.15, -0.1) is 0 Å². The fraction of sp³-hybridized carbons (Fsp3) is 0.231. The number of hydrogen-bond donors (Lipinski definition) is 2. The molecule has 0 radical (unpaired) electrons. The van der Waals surface area contributed by atoms with E-state index in [2.05, 4.69) is 10.3 Å². The molecule has 2 rings (SSSR count). The molecule has 1 atom stereocenters. The van der Waals surface area contributed by atoms with Crippen molar-refractivity contribution in [3.05, 3.63) is 29.3 Å². The largest absolute Gasteiger partial charge is 0.394 e. The maximum atomic E-state index is 12.3. The number of rotatable bonds is 4. The predicted octanol–water partition coefficient (Wildman–Crippen LogP) is 0.602. The number of anilines is 1. The first kappa shape index (κ1) is 15.1. The smallest absolute Gasteiger partial charge is 0.335 e. The monoisotopic (exact) mass is 309 g/mol. The van der Waals surface area contributed by atoms with Crippen LogP contribution in [0.2, 0.25) is 5.02 Å². The molecule has 1 fully saturated rings. The number of aliphatic imine (C=N–C) groups is 1. The third kappa shape index (κ3) is 3.26. The lowest BCUT2D eigenvalue weighted by atomic mass is 10.1. The summed E-state index contributed by atoms with van der Waals surface area (Å²) in [4.78, 5) is 40.4. The maximum Gasteiger partial charge on any atom is 0.335 e. The number of urea groups is 1. The van der Waals surface area contributed by atoms with Crippen LogP contribution in [0, 0.1) is 5.92 Å². The first-order chi connectivity index (χ1) is 10.0. The Hall–Kier alpha value is -2.25. The molecule has 0 spiro atoms. The van der Waals surface area contributed by atoms with Crippen molar-refractivity contribution in [3.63, 3.8) is 0 Å². The van der Waals surface area contributed by atoms with Crippen molar-refractivity contribution in [2.75, 3.05) is 18.1 Å². The Morgan fingerprint density at radius 1 is 1.38 bits per heavy atom. The molecule has 1 aromatic carbocycles. The summed E-state index contributed by atoms with van der Waals surface area (Å²) in [5, 5.41) is 11.1. The van der Waals surface area contributed by atoms with Crippen molar-refractivity contribution in [2.45, 2.75) is 0 Å². The number of aliphatic hydroxyl groups is 1. The van der Waals surface area contributed by atoms with Crippen molar-refractivity contribution in [2.24, 2.45) is 10.9 Å². The van der Waals surface area contributed by atoms with Gasteiger partial charge in [0, 0.05) is 11.2 Å². The van der Waals surface area contributed by atoms with E-state index in [0.717, 1.165) is 11.1 Å². The molecule has 1 heterocycles. The Morgan fingerprint density at radius 2 is 2.14 bits per heavy atom. The second-order valence-electron chi connectivity index (χ2n) is 4.20. The van der Waals surface area contributed by atoms with E-state index >= 15 is 0 Å². The summed E-state index contributed by atoms with van der Waals surface area (Å²) in [5.41, 5.74) is 0.262. The van der Waals surface area contributed by atoms with Crippen LogP contribution in [-0.4, -0.2) is 42.3 Å². The van der Waals surface area contributed by atoms with Crippen molar-refractivity contribution >= 4 is 41.3 Å². The quantitative estimate of drug-likeness (QED) is 0.628. The number of carbonyl (C=O) groups is 3. The zero-order chi connectivity index (χ0) is 15.4. The SMILES string of the molecule is O=C1NC(=O)N(c2cccc(Cl)c2)C(=O)[C@@H]1C=NCCO. The first-order valence-electron chi connectivity index (χ1n) is 6.09. The van der Waals surface area contributed by atoms with Gasteiger partial charge in [-0.05, 0) is 18.2 Å². The Bertz CT molecular complexity index is 617. The summed E-state index contributed by atoms with van der Waals surface area (Å²) in [6.45, 7) is -0.127. The molecule has 1 aliphatic rings. The number of halogens is 1. The van der Waals surface area contributed by atoms with Crippen LogP contribution in [0.4, 0.5) is 10.5 Å². The van der Waals surface area contributed by atoms with E-state index in [0.29, 0.717) is 5.02 Å². The van der Waals surface area contributed by atoms with Gasteiger partial charge in [0.2, 0.25) is 5.91 Å². The van der Waals surface area contributed by atoms with Gasteiger partial charge in [-0.25, -0.2) is 9.69 Å². The van der Waals surface area contributed by atoms with Gasteiger partial charge in [-0.1, -0.05) is 17.7 Å². The lowest BCUT2D eigenvalue weighted by Gasteiger charge is -2.28. The van der Waals surface area contributed by atoms with E-state index in [4.69, 9.17) is 16.7 Å². The number of imide groups is 2. The van der Waals surface area contributed by atoms with Crippen LogP contribution in [0.1, 0.15) is 0 Å². The number of barbiturate groups is 1. The number of nitrogens with one attached hydrogen (secondary N) is 1. The molecule has 4 amide bonds. The molecule has 0 aromatic heterocycles. The predicted molar refractivity (Wildman–Crippen MR) is 76.4 cm³/mol. The number of hydrogen-bond acceptors (Lipinski definition) is 5. The number of amides is 4. The highest BCUT2D eigenvalue weighted by Gasteiger charge is 2.40. The highest BCUT2D eigenvalue weighted by atomic mass is 35.5. The van der Waals surface area contributed by atoms with Crippen LogP contribution in [-0.2, 0) is 9.59 Å². The van der Waals surface area contributed by atoms with Gasteiger partial charge < -0.3 is 5.11 Å². The Balaban J connectivity index is 2.31. The molecule has 1 aromatic rings. The average Bonchev–Trinajstić information content (AvgIpc) is 2.42. The molecule has 0 bridgehead atoms. The van der Waals surface area contributed by atoms with Crippen LogP contribution >= 0.6 is 11.6 Å². The lowest BCUT2D eigenvalue weighted by Crippen LogP contribution is -2.58. The van der Waals surface area contributed by atoms with Gasteiger partial charge >= 0.3 is 6.03 Å². The lowest BCUT2D eigenvalue weighted by molar-refractivity contribution is -0.131. The minimum atomic E-state index is -1.21. The average molecular weight is 310 g/mol. The summed E-state index contributed by atoms with van der Waals surface area (Å²) in [7, 11) is 0. The van der Waals surface area contributed by atoms with Crippen LogP contribution in [0.25, 0.3) is 0 Å². The standard InChI is InChI=1S/C13H12ClN3O4/c14-8-2-1-3-9(6-8)17-12(20)10(7-15-4-5-18)11(19)16-13(17)21/h1-3,6-7,10,18H,4-5H2,(H,16,19,21)/t10-/m1/s1. The maximum absolute atomic E-state index is 12.3. The summed E-state index contributed by atoms with van der Waals surface area (Å²) < 4.78 is 0. The van der Waals surface area contributed by atoms with Gasteiger partial charge in [0.05, 0.1) is 18.8 Å². The molecule has 21 heavy (non-hydrogen) atoms. The third-order valence-electron chi connectivity index (χ3n) is 2.75. The molecular formula is C13H12ClN3O4. The summed E-state index contributed by atoms with van der Waals surface area (Å²) in [6.07, 6.45) is 1.12. The van der Waals surface area contributed by atoms with Crippen LogP contribution in [0.3, 0.4) is 0 Å². The molecule has 0 unspecified atom stereocenters. The Morgan fingerprint density at radius 3 is 2.81 bits per heavy atom. The molecule has 8 heteroatoms. The normalized spacial score (nSPS) is 19.2. The van der Waals surface area contributed by atoms with Crippen molar-refractivity contribution < 1.29 is 19.5 Å². The van der Waals surface area contributed by atoms with Crippen LogP contribution in [0.5, 0.6) is 0 Å². The minimum absolute atomic E-state index is 0.0716. The van der Waals surface area contributed by atoms with E-state index in [1.807, 2.05) is 0 Å². The summed E-state index contributed by atoms with van der Waals surface area (Å²) in [5.74, 6) is -2.68. The highest BCUT2D eigenvalue weighted by Crippen LogP contribution is 2.23. The van der Waals surface area contributed by atoms with Crippen LogP contribution in [0.15, 0.2) is 29.3 Å². The third-order valence-corrected chi connectivity index (χ3v) is 2.99. The summed E-state index contributed by atoms with van der Waals surface area (Å²) in [6, 6.07) is 5.32. The topological polar surface area (TPSA) is 99.1 Å². The van der Waals surface area contributed by atoms with E-state index in [9.17, 15) is 14.4 Å². The molecule has 0 aliphatic carbocycles. The van der Waals surface area contributed by atoms with Gasteiger partial charge in [0.1, 0.15) is 0 Å². The van der Waals surface area contributed by atoms with E-state index in [-0.39, 0.29) is 18.8 Å². The summed E-state index contributed by atoms with van der Waals surface area (Å²) >= 11 is 5.84. The highest BCUT2D eigenvalue weighted by molar-refractivity contribution is 6.34. The second-order valence-corrected chi connectivity index (χ2v) is 4.64. The van der Waals surface area contributed by atoms with E-state index in [1.54, 1.807) is 12.1 Å².